The first-order valence-corrected chi connectivity index (χ1v) is 16.0. The topological polar surface area (TPSA) is 128 Å². The van der Waals surface area contributed by atoms with Crippen LogP contribution in [0.1, 0.15) is 107 Å². The summed E-state index contributed by atoms with van der Waals surface area (Å²) in [5.74, 6) is -6.11. The third-order valence-corrected chi connectivity index (χ3v) is 9.35. The van der Waals surface area contributed by atoms with Crippen LogP contribution in [0.5, 0.6) is 0 Å². The van der Waals surface area contributed by atoms with Gasteiger partial charge in [-0.1, -0.05) is 27.7 Å². The molecule has 47 heavy (non-hydrogen) atoms. The zero-order chi connectivity index (χ0) is 36.6. The fourth-order valence-electron chi connectivity index (χ4n) is 5.47. The SMILES string of the molecule is CCC(=O)COC(=O)C(C)CC(CC(C)(CC)C(=O)OC1(CC)CCC(C(C)(O)C(F)(F)F)C1)C(=O)OCC(C)(C)NCC(F)(F)F. The summed E-state index contributed by atoms with van der Waals surface area (Å²) in [6, 6.07) is 0. The van der Waals surface area contributed by atoms with Crippen LogP contribution in [0, 0.1) is 23.2 Å². The molecule has 0 aromatic heterocycles. The van der Waals surface area contributed by atoms with Gasteiger partial charge in [-0.3, -0.25) is 19.2 Å². The van der Waals surface area contributed by atoms with Gasteiger partial charge in [-0.05, 0) is 72.6 Å². The smallest absolute Gasteiger partial charge is 0.417 e. The molecule has 1 saturated carbocycles. The molecule has 0 aliphatic heterocycles. The molecule has 6 unspecified atom stereocenters. The highest BCUT2D eigenvalue weighted by atomic mass is 19.4. The monoisotopic (exact) mass is 691 g/mol. The molecular formula is C32H51F6NO8. The predicted molar refractivity (Wildman–Crippen MR) is 159 cm³/mol. The standard InChI is InChI=1S/C32H51F6NO8/c1-9-23(40)17-45-24(41)20(4)14-21(25(42)46-19-27(5,6)39-18-31(33,34)35)15-28(7,10-2)26(43)47-30(11-3)13-12-22(16-30)29(8,44)32(36,37)38/h20-22,39,44H,9-19H2,1-8H3. The Balaban J connectivity index is 3.24. The fraction of sp³-hybridized carbons (Fsp3) is 0.875. The number of ether oxygens (including phenoxy) is 3. The lowest BCUT2D eigenvalue weighted by Crippen LogP contribution is -2.49. The van der Waals surface area contributed by atoms with E-state index in [1.165, 1.54) is 27.7 Å². The van der Waals surface area contributed by atoms with Crippen molar-refractivity contribution in [1.82, 2.24) is 5.32 Å². The van der Waals surface area contributed by atoms with Crippen molar-refractivity contribution in [3.63, 3.8) is 0 Å². The van der Waals surface area contributed by atoms with Gasteiger partial charge in [0, 0.05) is 17.9 Å². The molecule has 1 fully saturated rings. The van der Waals surface area contributed by atoms with Gasteiger partial charge in [-0.15, -0.1) is 0 Å². The number of rotatable bonds is 18. The van der Waals surface area contributed by atoms with Crippen LogP contribution >= 0.6 is 0 Å². The summed E-state index contributed by atoms with van der Waals surface area (Å²) < 4.78 is 95.3. The van der Waals surface area contributed by atoms with Crippen LogP contribution in [-0.2, 0) is 33.4 Å². The van der Waals surface area contributed by atoms with Crippen molar-refractivity contribution in [2.75, 3.05) is 19.8 Å². The molecule has 1 aliphatic carbocycles. The maximum Gasteiger partial charge on any atom is 0.417 e. The molecule has 0 bridgehead atoms. The number of alkyl halides is 6. The second kappa shape index (κ2) is 16.3. The van der Waals surface area contributed by atoms with Gasteiger partial charge in [0.15, 0.2) is 11.4 Å². The van der Waals surface area contributed by atoms with E-state index in [0.29, 0.717) is 6.92 Å². The number of halogens is 6. The largest absolute Gasteiger partial charge is 0.464 e. The minimum Gasteiger partial charge on any atom is -0.464 e. The Morgan fingerprint density at radius 2 is 1.55 bits per heavy atom. The summed E-state index contributed by atoms with van der Waals surface area (Å²) in [6.07, 6.45) is -9.60. The van der Waals surface area contributed by atoms with E-state index in [2.05, 4.69) is 5.32 Å². The number of carbonyl (C=O) groups excluding carboxylic acids is 4. The molecule has 274 valence electrons. The maximum absolute atomic E-state index is 13.7. The van der Waals surface area contributed by atoms with Gasteiger partial charge in [0.05, 0.1) is 23.8 Å². The first-order valence-electron chi connectivity index (χ1n) is 16.0. The Morgan fingerprint density at radius 1 is 0.957 bits per heavy atom. The summed E-state index contributed by atoms with van der Waals surface area (Å²) in [5, 5.41) is 12.5. The lowest BCUT2D eigenvalue weighted by atomic mass is 9.76. The summed E-state index contributed by atoms with van der Waals surface area (Å²) in [5.41, 5.74) is -6.98. The maximum atomic E-state index is 13.7. The summed E-state index contributed by atoms with van der Waals surface area (Å²) in [6.45, 7) is 9.07. The van der Waals surface area contributed by atoms with Crippen LogP contribution in [0.2, 0.25) is 0 Å². The van der Waals surface area contributed by atoms with E-state index in [4.69, 9.17) is 14.2 Å². The Hall–Kier alpha value is -2.42. The van der Waals surface area contributed by atoms with Crippen LogP contribution < -0.4 is 5.32 Å². The quantitative estimate of drug-likeness (QED) is 0.0976. The van der Waals surface area contributed by atoms with Crippen molar-refractivity contribution in [3.05, 3.63) is 0 Å². The Morgan fingerprint density at radius 3 is 2.04 bits per heavy atom. The van der Waals surface area contributed by atoms with E-state index in [0.717, 1.165) is 0 Å². The van der Waals surface area contributed by atoms with Gasteiger partial charge in [0.25, 0.3) is 0 Å². The van der Waals surface area contributed by atoms with Gasteiger partial charge in [0.2, 0.25) is 0 Å². The van der Waals surface area contributed by atoms with Crippen molar-refractivity contribution in [2.45, 2.75) is 136 Å². The number of esters is 3. The van der Waals surface area contributed by atoms with Crippen molar-refractivity contribution < 1.29 is 64.8 Å². The van der Waals surface area contributed by atoms with E-state index >= 15 is 0 Å². The van der Waals surface area contributed by atoms with Crippen LogP contribution in [0.3, 0.4) is 0 Å². The lowest BCUT2D eigenvalue weighted by Gasteiger charge is -2.37. The summed E-state index contributed by atoms with van der Waals surface area (Å²) in [7, 11) is 0. The summed E-state index contributed by atoms with van der Waals surface area (Å²) in [4.78, 5) is 51.5. The van der Waals surface area contributed by atoms with Gasteiger partial charge < -0.3 is 24.6 Å². The van der Waals surface area contributed by atoms with Gasteiger partial charge in [-0.2, -0.15) is 26.3 Å². The zero-order valence-electron chi connectivity index (χ0n) is 28.6. The van der Waals surface area contributed by atoms with Crippen molar-refractivity contribution in [3.8, 4) is 0 Å². The third kappa shape index (κ3) is 12.5. The van der Waals surface area contributed by atoms with Gasteiger partial charge >= 0.3 is 30.3 Å². The van der Waals surface area contributed by atoms with Crippen molar-refractivity contribution >= 4 is 23.7 Å². The molecule has 0 spiro atoms. The number of carbonyl (C=O) groups is 4. The molecule has 2 N–H and O–H groups in total. The minimum atomic E-state index is -4.89. The molecule has 0 amide bonds. The number of hydrogen-bond acceptors (Lipinski definition) is 9. The van der Waals surface area contributed by atoms with E-state index < -0.39 is 89.9 Å². The Kier molecular flexibility index (Phi) is 14.8. The van der Waals surface area contributed by atoms with Crippen LogP contribution in [0.25, 0.3) is 0 Å². The third-order valence-electron chi connectivity index (χ3n) is 9.35. The molecule has 0 heterocycles. The van der Waals surface area contributed by atoms with Crippen LogP contribution in [0.15, 0.2) is 0 Å². The molecule has 6 atom stereocenters. The highest BCUT2D eigenvalue weighted by Crippen LogP contribution is 2.50. The molecule has 0 saturated heterocycles. The number of aliphatic hydroxyl groups is 1. The molecule has 0 aromatic carbocycles. The predicted octanol–water partition coefficient (Wildman–Crippen LogP) is 6.24. The van der Waals surface area contributed by atoms with Gasteiger partial charge in [-0.25, -0.2) is 0 Å². The number of nitrogens with one attached hydrogen (secondary N) is 1. The summed E-state index contributed by atoms with van der Waals surface area (Å²) >= 11 is 0. The lowest BCUT2D eigenvalue weighted by molar-refractivity contribution is -0.272. The Labute approximate surface area is 272 Å². The van der Waals surface area contributed by atoms with E-state index in [9.17, 15) is 50.6 Å². The minimum absolute atomic E-state index is 0.0380. The molecule has 15 heteroatoms. The number of hydrogen-bond donors (Lipinski definition) is 2. The molecular weight excluding hydrogens is 640 g/mol. The zero-order valence-corrected chi connectivity index (χ0v) is 28.6. The highest BCUT2D eigenvalue weighted by Gasteiger charge is 2.59. The van der Waals surface area contributed by atoms with E-state index in [1.807, 2.05) is 0 Å². The van der Waals surface area contributed by atoms with Crippen molar-refractivity contribution in [2.24, 2.45) is 23.2 Å². The van der Waals surface area contributed by atoms with Crippen LogP contribution in [0.4, 0.5) is 26.3 Å². The van der Waals surface area contributed by atoms with Crippen molar-refractivity contribution in [1.29, 1.82) is 0 Å². The first-order chi connectivity index (χ1) is 21.3. The average molecular weight is 692 g/mol. The first kappa shape index (κ1) is 42.6. The normalized spacial score (nSPS) is 22.8. The second-order valence-electron chi connectivity index (χ2n) is 13.9. The fourth-order valence-corrected chi connectivity index (χ4v) is 5.47. The Bertz CT molecular complexity index is 1090. The molecule has 1 aliphatic rings. The highest BCUT2D eigenvalue weighted by molar-refractivity contribution is 5.83. The van der Waals surface area contributed by atoms with Gasteiger partial charge in [0.1, 0.15) is 18.8 Å². The van der Waals surface area contributed by atoms with Crippen LogP contribution in [-0.4, -0.2) is 77.6 Å². The van der Waals surface area contributed by atoms with E-state index in [-0.39, 0.29) is 57.1 Å². The molecule has 1 rings (SSSR count). The average Bonchev–Trinajstić information content (AvgIpc) is 3.41. The van der Waals surface area contributed by atoms with E-state index in [1.54, 1.807) is 20.8 Å². The molecule has 9 nitrogen and oxygen atoms in total. The molecule has 0 radical (unpaired) electrons. The number of ketones is 1. The number of Topliss-reactive ketones (excluding diaryl/α,β-unsaturated/α-hetero) is 1. The second-order valence-corrected chi connectivity index (χ2v) is 13.9. The molecule has 0 aromatic rings.